The van der Waals surface area contributed by atoms with Gasteiger partial charge in [-0.05, 0) is 47.7 Å². The summed E-state index contributed by atoms with van der Waals surface area (Å²) in [7, 11) is 0. The maximum atomic E-state index is 12.4. The van der Waals surface area contributed by atoms with Gasteiger partial charge in [0.2, 0.25) is 0 Å². The van der Waals surface area contributed by atoms with Gasteiger partial charge in [0.25, 0.3) is 5.91 Å². The number of nitrogens with one attached hydrogen (secondary N) is 1. The van der Waals surface area contributed by atoms with Crippen LogP contribution in [-0.2, 0) is 16.0 Å². The van der Waals surface area contributed by atoms with Crippen LogP contribution < -0.4 is 5.32 Å². The van der Waals surface area contributed by atoms with Gasteiger partial charge in [-0.25, -0.2) is 14.5 Å². The smallest absolute Gasteiger partial charge is 0.338 e. The molecule has 3 aromatic rings. The van der Waals surface area contributed by atoms with Crippen molar-refractivity contribution in [3.05, 3.63) is 77.9 Å². The molecule has 0 unspecified atom stereocenters. The second-order valence-corrected chi connectivity index (χ2v) is 7.35. The molecule has 7 heteroatoms. The number of carbonyl (C=O) groups is 2. The Balaban J connectivity index is 1.56. The van der Waals surface area contributed by atoms with E-state index in [4.69, 9.17) is 4.74 Å². The number of amides is 1. The Kier molecular flexibility index (Phi) is 6.95. The first-order valence-corrected chi connectivity index (χ1v) is 9.98. The highest BCUT2D eigenvalue weighted by atomic mass is 16.5. The van der Waals surface area contributed by atoms with Crippen molar-refractivity contribution in [1.29, 1.82) is 0 Å². The number of aryl methyl sites for hydroxylation is 1. The molecule has 3 rings (SSSR count). The van der Waals surface area contributed by atoms with Gasteiger partial charge in [0.1, 0.15) is 12.7 Å². The van der Waals surface area contributed by atoms with E-state index in [-0.39, 0.29) is 24.5 Å². The highest BCUT2D eigenvalue weighted by Gasteiger charge is 2.19. The summed E-state index contributed by atoms with van der Waals surface area (Å²) in [6.45, 7) is 5.86. The molecule has 0 radical (unpaired) electrons. The Hall–Kier alpha value is -3.48. The van der Waals surface area contributed by atoms with Crippen LogP contribution in [0.5, 0.6) is 0 Å². The third-order valence-electron chi connectivity index (χ3n) is 4.85. The quantitative estimate of drug-likeness (QED) is 0.579. The number of ether oxygens (including phenoxy) is 1. The molecule has 0 bridgehead atoms. The van der Waals surface area contributed by atoms with Gasteiger partial charge in [-0.1, -0.05) is 45.0 Å². The Morgan fingerprint density at radius 1 is 1.07 bits per heavy atom. The number of rotatable bonds is 8. The predicted molar refractivity (Wildman–Crippen MR) is 113 cm³/mol. The average Bonchev–Trinajstić information content (AvgIpc) is 3.31. The van der Waals surface area contributed by atoms with Gasteiger partial charge in [0, 0.05) is 0 Å². The number of esters is 1. The van der Waals surface area contributed by atoms with E-state index >= 15 is 0 Å². The Bertz CT molecular complexity index is 965. The SMILES string of the molecule is CCc1ccc([C@@H](NC(=O)COC(=O)c2ccc(-n3cncn3)cc2)C(C)C)cc1. The summed E-state index contributed by atoms with van der Waals surface area (Å²) in [5, 5.41) is 7.00. The first kappa shape index (κ1) is 21.2. The van der Waals surface area contributed by atoms with Gasteiger partial charge >= 0.3 is 5.97 Å². The van der Waals surface area contributed by atoms with Crippen LogP contribution in [0.2, 0.25) is 0 Å². The van der Waals surface area contributed by atoms with E-state index in [0.29, 0.717) is 5.56 Å². The largest absolute Gasteiger partial charge is 0.452 e. The van der Waals surface area contributed by atoms with Crippen LogP contribution in [-0.4, -0.2) is 33.2 Å². The Morgan fingerprint density at radius 2 is 1.77 bits per heavy atom. The molecule has 0 spiro atoms. The topological polar surface area (TPSA) is 86.1 Å². The number of nitrogens with zero attached hydrogens (tertiary/aromatic N) is 3. The second-order valence-electron chi connectivity index (χ2n) is 7.35. The number of aromatic nitrogens is 3. The van der Waals surface area contributed by atoms with E-state index < -0.39 is 5.97 Å². The lowest BCUT2D eigenvalue weighted by Gasteiger charge is -2.23. The predicted octanol–water partition coefficient (Wildman–Crippen LogP) is 3.50. The molecule has 1 amide bonds. The molecule has 0 fully saturated rings. The number of hydrogen-bond donors (Lipinski definition) is 1. The van der Waals surface area contributed by atoms with E-state index in [2.05, 4.69) is 34.5 Å². The fourth-order valence-electron chi connectivity index (χ4n) is 3.12. The minimum Gasteiger partial charge on any atom is -0.452 e. The molecule has 30 heavy (non-hydrogen) atoms. The average molecular weight is 406 g/mol. The number of carbonyl (C=O) groups excluding carboxylic acids is 2. The molecule has 1 atom stereocenters. The highest BCUT2D eigenvalue weighted by Crippen LogP contribution is 2.22. The molecule has 1 aromatic heterocycles. The van der Waals surface area contributed by atoms with Crippen molar-refractivity contribution in [3.8, 4) is 5.69 Å². The van der Waals surface area contributed by atoms with Gasteiger partial charge in [0.15, 0.2) is 6.61 Å². The molecule has 156 valence electrons. The van der Waals surface area contributed by atoms with Gasteiger partial charge in [0.05, 0.1) is 17.3 Å². The van der Waals surface area contributed by atoms with Crippen LogP contribution in [0.3, 0.4) is 0 Å². The maximum absolute atomic E-state index is 12.4. The fraction of sp³-hybridized carbons (Fsp3) is 0.304. The Morgan fingerprint density at radius 3 is 2.33 bits per heavy atom. The zero-order chi connectivity index (χ0) is 21.5. The maximum Gasteiger partial charge on any atom is 0.338 e. The monoisotopic (exact) mass is 406 g/mol. The second kappa shape index (κ2) is 9.82. The van der Waals surface area contributed by atoms with Crippen molar-refractivity contribution >= 4 is 11.9 Å². The molecule has 0 saturated heterocycles. The minimum atomic E-state index is -0.552. The molecule has 0 aliphatic rings. The highest BCUT2D eigenvalue weighted by molar-refractivity contribution is 5.91. The molecule has 0 aliphatic carbocycles. The summed E-state index contributed by atoms with van der Waals surface area (Å²) in [6.07, 6.45) is 3.97. The van der Waals surface area contributed by atoms with E-state index in [1.165, 1.54) is 11.9 Å². The molecule has 0 aliphatic heterocycles. The molecule has 1 heterocycles. The third kappa shape index (κ3) is 5.31. The van der Waals surface area contributed by atoms with Gasteiger partial charge in [-0.2, -0.15) is 5.10 Å². The molecular formula is C23H26N4O3. The van der Waals surface area contributed by atoms with E-state index in [1.807, 2.05) is 26.0 Å². The number of benzene rings is 2. The molecule has 0 saturated carbocycles. The lowest BCUT2D eigenvalue weighted by molar-refractivity contribution is -0.125. The van der Waals surface area contributed by atoms with Gasteiger partial charge < -0.3 is 10.1 Å². The summed E-state index contributed by atoms with van der Waals surface area (Å²) in [5.74, 6) is -0.689. The van der Waals surface area contributed by atoms with Crippen LogP contribution in [0.4, 0.5) is 0 Å². The zero-order valence-electron chi connectivity index (χ0n) is 17.4. The van der Waals surface area contributed by atoms with Gasteiger partial charge in [-0.15, -0.1) is 0 Å². The van der Waals surface area contributed by atoms with Crippen LogP contribution in [0.1, 0.15) is 48.3 Å². The lowest BCUT2D eigenvalue weighted by atomic mass is 9.95. The molecule has 7 nitrogen and oxygen atoms in total. The first-order valence-electron chi connectivity index (χ1n) is 9.98. The van der Waals surface area contributed by atoms with E-state index in [0.717, 1.165) is 17.7 Å². The van der Waals surface area contributed by atoms with Crippen molar-refractivity contribution < 1.29 is 14.3 Å². The lowest BCUT2D eigenvalue weighted by Crippen LogP contribution is -2.35. The Labute approximate surface area is 176 Å². The van der Waals surface area contributed by atoms with Gasteiger partial charge in [-0.3, -0.25) is 4.79 Å². The van der Waals surface area contributed by atoms with Crippen molar-refractivity contribution in [2.45, 2.75) is 33.2 Å². The molecular weight excluding hydrogens is 380 g/mol. The zero-order valence-corrected chi connectivity index (χ0v) is 17.4. The van der Waals surface area contributed by atoms with Crippen LogP contribution in [0, 0.1) is 5.92 Å². The van der Waals surface area contributed by atoms with Crippen molar-refractivity contribution in [1.82, 2.24) is 20.1 Å². The normalized spacial score (nSPS) is 11.9. The van der Waals surface area contributed by atoms with Crippen LogP contribution >= 0.6 is 0 Å². The molecule has 2 aromatic carbocycles. The summed E-state index contributed by atoms with van der Waals surface area (Å²) in [6, 6.07) is 14.8. The summed E-state index contributed by atoms with van der Waals surface area (Å²) >= 11 is 0. The fourth-order valence-corrected chi connectivity index (χ4v) is 3.12. The van der Waals surface area contributed by atoms with E-state index in [1.54, 1.807) is 35.3 Å². The summed E-state index contributed by atoms with van der Waals surface area (Å²) < 4.78 is 6.77. The standard InChI is InChI=1S/C23H26N4O3/c1-4-17-5-7-18(8-6-17)22(16(2)3)26-21(28)13-30-23(29)19-9-11-20(12-10-19)27-15-24-14-25-27/h5-12,14-16,22H,4,13H2,1-3H3,(H,26,28)/t22-/m0/s1. The van der Waals surface area contributed by atoms with Crippen LogP contribution in [0.25, 0.3) is 5.69 Å². The van der Waals surface area contributed by atoms with Crippen LogP contribution in [0.15, 0.2) is 61.2 Å². The summed E-state index contributed by atoms with van der Waals surface area (Å²) in [4.78, 5) is 28.5. The van der Waals surface area contributed by atoms with Crippen molar-refractivity contribution in [3.63, 3.8) is 0 Å². The molecule has 1 N–H and O–H groups in total. The van der Waals surface area contributed by atoms with Crippen molar-refractivity contribution in [2.24, 2.45) is 5.92 Å². The number of hydrogen-bond acceptors (Lipinski definition) is 5. The van der Waals surface area contributed by atoms with Crippen molar-refractivity contribution in [2.75, 3.05) is 6.61 Å². The third-order valence-corrected chi connectivity index (χ3v) is 4.85. The summed E-state index contributed by atoms with van der Waals surface area (Å²) in [5.41, 5.74) is 3.42. The first-order chi connectivity index (χ1) is 14.5. The van der Waals surface area contributed by atoms with E-state index in [9.17, 15) is 9.59 Å². The minimum absolute atomic E-state index is 0.149.